The van der Waals surface area contributed by atoms with Crippen molar-refractivity contribution in [2.24, 2.45) is 0 Å². The number of carbonyl (C=O) groups excluding carboxylic acids is 1. The Morgan fingerprint density at radius 1 is 1.26 bits per heavy atom. The zero-order valence-corrected chi connectivity index (χ0v) is 11.6. The molecule has 0 aromatic heterocycles. The first-order valence-corrected chi connectivity index (χ1v) is 6.68. The van der Waals surface area contributed by atoms with Crippen LogP contribution in [0.3, 0.4) is 0 Å². The van der Waals surface area contributed by atoms with Gasteiger partial charge in [0.2, 0.25) is 0 Å². The molecule has 2 N–H and O–H groups in total. The molecule has 1 aromatic rings. The standard InChI is InChI=1S/C15H21N3O/c1-18(2)14-9-5-8-13(10-14)17-15(19)16-11-12-6-3-4-7-12/h5,8-11H,3-4,6-7H2,1-2H3,(H2,16,17,19). The molecule has 2 rings (SSSR count). The molecule has 19 heavy (non-hydrogen) atoms. The number of allylic oxidation sites excluding steroid dienone is 1. The Hall–Kier alpha value is -1.97. The van der Waals surface area contributed by atoms with E-state index >= 15 is 0 Å². The van der Waals surface area contributed by atoms with Crippen molar-refractivity contribution >= 4 is 17.4 Å². The van der Waals surface area contributed by atoms with Gasteiger partial charge in [-0.05, 0) is 43.9 Å². The average Bonchev–Trinajstić information content (AvgIpc) is 2.90. The van der Waals surface area contributed by atoms with Gasteiger partial charge in [0.05, 0.1) is 0 Å². The average molecular weight is 259 g/mol. The Labute approximate surface area is 114 Å². The molecule has 1 saturated carbocycles. The summed E-state index contributed by atoms with van der Waals surface area (Å²) in [7, 11) is 3.95. The lowest BCUT2D eigenvalue weighted by Crippen LogP contribution is -2.24. The number of anilines is 2. The zero-order valence-electron chi connectivity index (χ0n) is 11.6. The van der Waals surface area contributed by atoms with Crippen LogP contribution in [0.1, 0.15) is 25.7 Å². The Kier molecular flexibility index (Phi) is 4.44. The predicted octanol–water partition coefficient (Wildman–Crippen LogP) is 3.33. The van der Waals surface area contributed by atoms with Crippen molar-refractivity contribution in [2.75, 3.05) is 24.3 Å². The number of benzene rings is 1. The molecule has 0 atom stereocenters. The SMILES string of the molecule is CN(C)c1cccc(NC(=O)NC=C2CCCC2)c1. The maximum absolute atomic E-state index is 11.8. The molecule has 0 saturated heterocycles. The van der Waals surface area contributed by atoms with Crippen LogP contribution in [0.5, 0.6) is 0 Å². The molecule has 102 valence electrons. The number of nitrogens with zero attached hydrogens (tertiary/aromatic N) is 1. The van der Waals surface area contributed by atoms with Crippen LogP contribution in [0.4, 0.5) is 16.2 Å². The number of carbonyl (C=O) groups is 1. The molecular formula is C15H21N3O. The van der Waals surface area contributed by atoms with E-state index in [1.807, 2.05) is 49.5 Å². The summed E-state index contributed by atoms with van der Waals surface area (Å²) < 4.78 is 0. The van der Waals surface area contributed by atoms with E-state index < -0.39 is 0 Å². The van der Waals surface area contributed by atoms with Crippen molar-refractivity contribution < 1.29 is 4.79 Å². The zero-order chi connectivity index (χ0) is 13.7. The smallest absolute Gasteiger partial charge is 0.323 e. The molecular weight excluding hydrogens is 238 g/mol. The number of hydrogen-bond acceptors (Lipinski definition) is 2. The summed E-state index contributed by atoms with van der Waals surface area (Å²) in [5, 5.41) is 5.64. The summed E-state index contributed by atoms with van der Waals surface area (Å²) in [6.07, 6.45) is 6.53. The van der Waals surface area contributed by atoms with Crippen LogP contribution in [-0.2, 0) is 0 Å². The van der Waals surface area contributed by atoms with E-state index in [4.69, 9.17) is 0 Å². The maximum Gasteiger partial charge on any atom is 0.323 e. The second-order valence-electron chi connectivity index (χ2n) is 5.05. The number of amides is 2. The van der Waals surface area contributed by atoms with Crippen LogP contribution in [0.25, 0.3) is 0 Å². The minimum atomic E-state index is -0.185. The maximum atomic E-state index is 11.8. The Morgan fingerprint density at radius 3 is 2.68 bits per heavy atom. The molecule has 4 heteroatoms. The van der Waals surface area contributed by atoms with Gasteiger partial charge in [-0.25, -0.2) is 4.79 Å². The summed E-state index contributed by atoms with van der Waals surface area (Å²) in [6.45, 7) is 0. The second-order valence-corrected chi connectivity index (χ2v) is 5.05. The van der Waals surface area contributed by atoms with E-state index in [0.717, 1.165) is 24.2 Å². The first kappa shape index (κ1) is 13.5. The minimum absolute atomic E-state index is 0.185. The lowest BCUT2D eigenvalue weighted by molar-refractivity contribution is 0.255. The number of urea groups is 1. The number of hydrogen-bond donors (Lipinski definition) is 2. The molecule has 0 radical (unpaired) electrons. The molecule has 1 aliphatic carbocycles. The predicted molar refractivity (Wildman–Crippen MR) is 79.5 cm³/mol. The van der Waals surface area contributed by atoms with E-state index in [1.165, 1.54) is 18.4 Å². The van der Waals surface area contributed by atoms with Crippen LogP contribution in [0.2, 0.25) is 0 Å². The highest BCUT2D eigenvalue weighted by Crippen LogP contribution is 2.22. The van der Waals surface area contributed by atoms with Crippen LogP contribution >= 0.6 is 0 Å². The van der Waals surface area contributed by atoms with Crippen molar-refractivity contribution in [1.82, 2.24) is 5.32 Å². The Bertz CT molecular complexity index is 472. The molecule has 0 heterocycles. The third-order valence-electron chi connectivity index (χ3n) is 3.27. The highest BCUT2D eigenvalue weighted by Gasteiger charge is 2.07. The quantitative estimate of drug-likeness (QED) is 0.874. The van der Waals surface area contributed by atoms with Gasteiger partial charge in [0.25, 0.3) is 0 Å². The van der Waals surface area contributed by atoms with E-state index in [9.17, 15) is 4.79 Å². The second kappa shape index (κ2) is 6.27. The highest BCUT2D eigenvalue weighted by atomic mass is 16.2. The van der Waals surface area contributed by atoms with E-state index in [-0.39, 0.29) is 6.03 Å². The molecule has 4 nitrogen and oxygen atoms in total. The van der Waals surface area contributed by atoms with Gasteiger partial charge in [-0.1, -0.05) is 11.6 Å². The van der Waals surface area contributed by atoms with Crippen LogP contribution in [0.15, 0.2) is 36.0 Å². The number of rotatable bonds is 3. The molecule has 0 aliphatic heterocycles. The van der Waals surface area contributed by atoms with Crippen molar-refractivity contribution in [2.45, 2.75) is 25.7 Å². The van der Waals surface area contributed by atoms with E-state index in [2.05, 4.69) is 10.6 Å². The summed E-state index contributed by atoms with van der Waals surface area (Å²) in [4.78, 5) is 13.8. The van der Waals surface area contributed by atoms with Crippen molar-refractivity contribution in [3.63, 3.8) is 0 Å². The van der Waals surface area contributed by atoms with Gasteiger partial charge in [-0.3, -0.25) is 0 Å². The minimum Gasteiger partial charge on any atom is -0.378 e. The summed E-state index contributed by atoms with van der Waals surface area (Å²) in [5.41, 5.74) is 3.19. The molecule has 2 amide bonds. The highest BCUT2D eigenvalue weighted by molar-refractivity contribution is 5.90. The van der Waals surface area contributed by atoms with Crippen molar-refractivity contribution in [3.8, 4) is 0 Å². The van der Waals surface area contributed by atoms with Crippen molar-refractivity contribution in [3.05, 3.63) is 36.0 Å². The Balaban J connectivity index is 1.91. The van der Waals surface area contributed by atoms with Crippen LogP contribution in [-0.4, -0.2) is 20.1 Å². The van der Waals surface area contributed by atoms with Gasteiger partial charge in [-0.15, -0.1) is 0 Å². The lowest BCUT2D eigenvalue weighted by Gasteiger charge is -2.14. The molecule has 1 aliphatic rings. The summed E-state index contributed by atoms with van der Waals surface area (Å²) in [5.74, 6) is 0. The fourth-order valence-electron chi connectivity index (χ4n) is 2.17. The summed E-state index contributed by atoms with van der Waals surface area (Å²) >= 11 is 0. The normalized spacial score (nSPS) is 14.1. The van der Waals surface area contributed by atoms with E-state index in [0.29, 0.717) is 0 Å². The summed E-state index contributed by atoms with van der Waals surface area (Å²) in [6, 6.07) is 7.58. The molecule has 1 fully saturated rings. The Morgan fingerprint density at radius 2 is 2.00 bits per heavy atom. The first-order chi connectivity index (χ1) is 9.15. The van der Waals surface area contributed by atoms with Gasteiger partial charge in [0.1, 0.15) is 0 Å². The molecule has 0 unspecified atom stereocenters. The topological polar surface area (TPSA) is 44.4 Å². The number of nitrogens with one attached hydrogen (secondary N) is 2. The third kappa shape index (κ3) is 4.02. The van der Waals surface area contributed by atoms with Crippen LogP contribution < -0.4 is 15.5 Å². The van der Waals surface area contributed by atoms with Gasteiger partial charge < -0.3 is 15.5 Å². The van der Waals surface area contributed by atoms with Gasteiger partial charge >= 0.3 is 6.03 Å². The monoisotopic (exact) mass is 259 g/mol. The first-order valence-electron chi connectivity index (χ1n) is 6.68. The van der Waals surface area contributed by atoms with E-state index in [1.54, 1.807) is 0 Å². The fourth-order valence-corrected chi connectivity index (χ4v) is 2.17. The molecule has 1 aromatic carbocycles. The van der Waals surface area contributed by atoms with Crippen molar-refractivity contribution in [1.29, 1.82) is 0 Å². The molecule has 0 bridgehead atoms. The molecule has 0 spiro atoms. The van der Waals surface area contributed by atoms with Gasteiger partial charge in [-0.2, -0.15) is 0 Å². The van der Waals surface area contributed by atoms with Crippen LogP contribution in [0, 0.1) is 0 Å². The lowest BCUT2D eigenvalue weighted by atomic mass is 10.2. The van der Waals surface area contributed by atoms with Gasteiger partial charge in [0.15, 0.2) is 0 Å². The van der Waals surface area contributed by atoms with Gasteiger partial charge in [0, 0.05) is 31.7 Å². The fraction of sp³-hybridized carbons (Fsp3) is 0.400. The third-order valence-corrected chi connectivity index (χ3v) is 3.27. The largest absolute Gasteiger partial charge is 0.378 e.